The van der Waals surface area contributed by atoms with Crippen molar-refractivity contribution in [1.82, 2.24) is 19.6 Å². The fourth-order valence-electron chi connectivity index (χ4n) is 5.88. The van der Waals surface area contributed by atoms with Crippen molar-refractivity contribution in [3.05, 3.63) is 75.3 Å². The summed E-state index contributed by atoms with van der Waals surface area (Å²) in [5.41, 5.74) is -0.949. The zero-order valence-electron chi connectivity index (χ0n) is 26.5. The lowest BCUT2D eigenvalue weighted by molar-refractivity contribution is -0.141. The fraction of sp³-hybridized carbons (Fsp3) is 0.455. The molecule has 0 radical (unpaired) electrons. The summed E-state index contributed by atoms with van der Waals surface area (Å²) in [4.78, 5) is 31.1. The van der Waals surface area contributed by atoms with Gasteiger partial charge in [-0.05, 0) is 64.3 Å². The number of aromatic nitrogens is 2. The molecule has 0 bridgehead atoms. The van der Waals surface area contributed by atoms with E-state index < -0.39 is 41.2 Å². The molecule has 0 unspecified atom stereocenters. The molecule has 0 aliphatic carbocycles. The first-order valence-electron chi connectivity index (χ1n) is 14.9. The number of hydrogen-bond donors (Lipinski definition) is 0. The third-order valence-electron chi connectivity index (χ3n) is 7.93. The largest absolute Gasteiger partial charge is 0.444 e. The summed E-state index contributed by atoms with van der Waals surface area (Å²) in [6, 6.07) is 10.2. The second-order valence-electron chi connectivity index (χ2n) is 12.7. The van der Waals surface area contributed by atoms with E-state index in [2.05, 4.69) is 11.2 Å². The van der Waals surface area contributed by atoms with E-state index in [4.69, 9.17) is 9.47 Å². The quantitative estimate of drug-likeness (QED) is 0.277. The molecule has 3 aromatic rings. The predicted octanol–water partition coefficient (Wildman–Crippen LogP) is 6.92. The number of halogens is 3. The van der Waals surface area contributed by atoms with Crippen molar-refractivity contribution in [3.8, 4) is 17.2 Å². The molecule has 9 nitrogen and oxygen atoms in total. The summed E-state index contributed by atoms with van der Waals surface area (Å²) in [5.74, 6) is -0.850. The number of alkyl halides is 3. The minimum absolute atomic E-state index is 0.0448. The van der Waals surface area contributed by atoms with Gasteiger partial charge in [0.25, 0.3) is 0 Å². The van der Waals surface area contributed by atoms with Crippen LogP contribution in [0.4, 0.5) is 18.0 Å². The van der Waals surface area contributed by atoms with Crippen LogP contribution in [0, 0.1) is 11.3 Å². The maximum Gasteiger partial charge on any atom is 0.435 e. The Balaban J connectivity index is 1.49. The zero-order chi connectivity index (χ0) is 33.6. The third kappa shape index (κ3) is 6.69. The Hall–Kier alpha value is -4.15. The van der Waals surface area contributed by atoms with Gasteiger partial charge in [-0.1, -0.05) is 30.3 Å². The molecule has 46 heavy (non-hydrogen) atoms. The van der Waals surface area contributed by atoms with Crippen LogP contribution in [0.2, 0.25) is 0 Å². The average molecular weight is 656 g/mol. The van der Waals surface area contributed by atoms with Crippen molar-refractivity contribution in [2.24, 2.45) is 0 Å². The van der Waals surface area contributed by atoms with Gasteiger partial charge in [0, 0.05) is 41.7 Å². The first-order valence-corrected chi connectivity index (χ1v) is 15.7. The predicted molar refractivity (Wildman–Crippen MR) is 166 cm³/mol. The summed E-state index contributed by atoms with van der Waals surface area (Å²) < 4.78 is 55.1. The molecule has 0 saturated carbocycles. The molecule has 0 spiro atoms. The topological polar surface area (TPSA) is 101 Å². The highest BCUT2D eigenvalue weighted by Crippen LogP contribution is 2.44. The fourth-order valence-corrected chi connectivity index (χ4v) is 6.92. The maximum absolute atomic E-state index is 14.1. The molecule has 2 amide bonds. The number of fused-ring (bicyclic) bond motifs is 1. The van der Waals surface area contributed by atoms with Crippen molar-refractivity contribution in [2.45, 2.75) is 84.1 Å². The van der Waals surface area contributed by atoms with Crippen molar-refractivity contribution in [3.63, 3.8) is 0 Å². The summed E-state index contributed by atoms with van der Waals surface area (Å²) >= 11 is 1.26. The Bertz CT molecular complexity index is 1710. The van der Waals surface area contributed by atoms with Gasteiger partial charge < -0.3 is 14.4 Å². The standard InChI is InChI=1S/C33H36F3N5O4S/c1-7-40-17-26(29(38-40)33(34,35)36)23-11-9-8-10-22(23)25-16-39(18-27-24(25)14-21(15-37)46-27)28(42)13-12-20-19-44-32(5,6)41(20)30(43)45-31(2,3)4/h8-14,17,20,25H,7,16,18-19H2,1-6H3/b13-12+/t20-,25-/m0/s1. The Kier molecular flexibility index (Phi) is 8.83. The highest BCUT2D eigenvalue weighted by atomic mass is 32.1. The van der Waals surface area contributed by atoms with Crippen LogP contribution < -0.4 is 0 Å². The highest BCUT2D eigenvalue weighted by Gasteiger charge is 2.45. The van der Waals surface area contributed by atoms with Crippen LogP contribution in [0.5, 0.6) is 0 Å². The van der Waals surface area contributed by atoms with Gasteiger partial charge in [-0.15, -0.1) is 11.3 Å². The van der Waals surface area contributed by atoms with E-state index >= 15 is 0 Å². The van der Waals surface area contributed by atoms with E-state index in [1.165, 1.54) is 33.2 Å². The molecule has 1 saturated heterocycles. The smallest absolute Gasteiger partial charge is 0.435 e. The number of carbonyl (C=O) groups is 2. The van der Waals surface area contributed by atoms with Crippen molar-refractivity contribution in [2.75, 3.05) is 13.2 Å². The third-order valence-corrected chi connectivity index (χ3v) is 8.97. The van der Waals surface area contributed by atoms with Crippen LogP contribution >= 0.6 is 11.3 Å². The molecule has 2 aromatic heterocycles. The molecule has 1 aromatic carbocycles. The van der Waals surface area contributed by atoms with Gasteiger partial charge in [0.1, 0.15) is 22.3 Å². The van der Waals surface area contributed by atoms with Gasteiger partial charge in [-0.3, -0.25) is 14.4 Å². The maximum atomic E-state index is 14.1. The molecule has 5 rings (SSSR count). The number of ether oxygens (including phenoxy) is 2. The van der Waals surface area contributed by atoms with E-state index in [0.29, 0.717) is 16.0 Å². The number of nitrogens with zero attached hydrogens (tertiary/aromatic N) is 5. The lowest BCUT2D eigenvalue weighted by Gasteiger charge is -2.35. The monoisotopic (exact) mass is 655 g/mol. The molecule has 2 atom stereocenters. The molecule has 0 N–H and O–H groups in total. The summed E-state index contributed by atoms with van der Waals surface area (Å²) in [6.45, 7) is 11.3. The van der Waals surface area contributed by atoms with Gasteiger partial charge in [0.15, 0.2) is 5.69 Å². The van der Waals surface area contributed by atoms with Crippen LogP contribution in [-0.4, -0.2) is 62.1 Å². The first-order chi connectivity index (χ1) is 21.5. The van der Waals surface area contributed by atoms with E-state index in [0.717, 1.165) is 10.4 Å². The Morgan fingerprint density at radius 3 is 2.57 bits per heavy atom. The number of hydrogen-bond acceptors (Lipinski definition) is 7. The van der Waals surface area contributed by atoms with Crippen molar-refractivity contribution < 1.29 is 32.2 Å². The van der Waals surface area contributed by atoms with Gasteiger partial charge >= 0.3 is 12.3 Å². The first kappa shape index (κ1) is 33.2. The number of nitriles is 1. The molecule has 1 fully saturated rings. The molecule has 4 heterocycles. The summed E-state index contributed by atoms with van der Waals surface area (Å²) in [5, 5.41) is 13.5. The van der Waals surface area contributed by atoms with E-state index in [9.17, 15) is 28.0 Å². The molecule has 2 aliphatic heterocycles. The lowest BCUT2D eigenvalue weighted by atomic mass is 9.83. The summed E-state index contributed by atoms with van der Waals surface area (Å²) in [7, 11) is 0. The van der Waals surface area contributed by atoms with Crippen LogP contribution in [0.1, 0.15) is 74.0 Å². The Morgan fingerprint density at radius 1 is 1.20 bits per heavy atom. The second-order valence-corrected chi connectivity index (χ2v) is 13.9. The number of aryl methyl sites for hydroxylation is 1. The second kappa shape index (κ2) is 12.2. The minimum atomic E-state index is -4.67. The normalized spacial score (nSPS) is 19.7. The Labute approximate surface area is 269 Å². The number of benzene rings is 1. The number of amides is 2. The number of carbonyl (C=O) groups excluding carboxylic acids is 2. The lowest BCUT2D eigenvalue weighted by Crippen LogP contribution is -2.49. The average Bonchev–Trinajstić information content (AvgIpc) is 3.68. The SMILES string of the molecule is CCn1cc(-c2ccccc2[C@@H]2CN(C(=O)/C=C/[C@H]3COC(C)(C)N3C(=O)OC(C)(C)C)Cc3sc(C#N)cc32)c(C(F)(F)F)n1. The van der Waals surface area contributed by atoms with Gasteiger partial charge in [0.2, 0.25) is 5.91 Å². The molecule has 2 aliphatic rings. The minimum Gasteiger partial charge on any atom is -0.444 e. The number of rotatable bonds is 5. The highest BCUT2D eigenvalue weighted by molar-refractivity contribution is 7.12. The molecular weight excluding hydrogens is 619 g/mol. The van der Waals surface area contributed by atoms with Gasteiger partial charge in [-0.2, -0.15) is 23.5 Å². The van der Waals surface area contributed by atoms with Crippen LogP contribution in [0.15, 0.2) is 48.7 Å². The zero-order valence-corrected chi connectivity index (χ0v) is 27.3. The van der Waals surface area contributed by atoms with Crippen LogP contribution in [-0.2, 0) is 33.5 Å². The van der Waals surface area contributed by atoms with Gasteiger partial charge in [-0.25, -0.2) is 4.79 Å². The number of thiophene rings is 1. The van der Waals surface area contributed by atoms with E-state index in [-0.39, 0.29) is 37.7 Å². The molecular formula is C33H36F3N5O4S. The van der Waals surface area contributed by atoms with Crippen LogP contribution in [0.25, 0.3) is 11.1 Å². The van der Waals surface area contributed by atoms with Crippen molar-refractivity contribution in [1.29, 1.82) is 5.26 Å². The Morgan fingerprint density at radius 2 is 1.91 bits per heavy atom. The van der Waals surface area contributed by atoms with Crippen molar-refractivity contribution >= 4 is 23.3 Å². The molecule has 13 heteroatoms. The van der Waals surface area contributed by atoms with E-state index in [1.54, 1.807) is 82.9 Å². The van der Waals surface area contributed by atoms with E-state index in [1.807, 2.05) is 0 Å². The molecule has 244 valence electrons. The van der Waals surface area contributed by atoms with Gasteiger partial charge in [0.05, 0.1) is 19.2 Å². The van der Waals surface area contributed by atoms with Crippen LogP contribution in [0.3, 0.4) is 0 Å². The summed E-state index contributed by atoms with van der Waals surface area (Å²) in [6.07, 6.45) is -0.832.